The van der Waals surface area contributed by atoms with Gasteiger partial charge in [-0.2, -0.15) is 0 Å². The van der Waals surface area contributed by atoms with Crippen LogP contribution < -0.4 is 10.6 Å². The fourth-order valence-corrected chi connectivity index (χ4v) is 5.27. The molecule has 2 N–H and O–H groups in total. The smallest absolute Gasteiger partial charge is 0.269 e. The molecule has 0 saturated carbocycles. The number of nitro groups is 1. The number of nitro benzene ring substituents is 1. The lowest BCUT2D eigenvalue weighted by Crippen LogP contribution is -2.51. The van der Waals surface area contributed by atoms with Gasteiger partial charge in [0, 0.05) is 56.2 Å². The van der Waals surface area contributed by atoms with Gasteiger partial charge >= 0.3 is 0 Å². The normalized spacial score (nSPS) is 12.5. The highest BCUT2D eigenvalue weighted by Crippen LogP contribution is 2.21. The van der Waals surface area contributed by atoms with Crippen molar-refractivity contribution in [3.8, 4) is 0 Å². The maximum atomic E-state index is 13.4. The molecule has 0 saturated heterocycles. The summed E-state index contributed by atoms with van der Waals surface area (Å²) < 4.78 is 1.89. The van der Waals surface area contributed by atoms with E-state index in [0.29, 0.717) is 31.3 Å². The van der Waals surface area contributed by atoms with Crippen LogP contribution in [-0.2, 0) is 24.3 Å². The second-order valence-electron chi connectivity index (χ2n) is 10.5. The Hall–Kier alpha value is -4.31. The third-order valence-electron chi connectivity index (χ3n) is 7.59. The van der Waals surface area contributed by atoms with Crippen LogP contribution in [-0.4, -0.2) is 49.5 Å². The van der Waals surface area contributed by atoms with Gasteiger partial charge in [-0.1, -0.05) is 74.9 Å². The van der Waals surface area contributed by atoms with E-state index >= 15 is 0 Å². The van der Waals surface area contributed by atoms with Crippen LogP contribution >= 0.6 is 12.2 Å². The molecule has 1 amide bonds. The molecule has 1 heterocycles. The summed E-state index contributed by atoms with van der Waals surface area (Å²) in [6.45, 7) is 8.66. The molecular weight excluding hydrogens is 548 g/mol. The first-order valence-corrected chi connectivity index (χ1v) is 14.7. The number of amides is 1. The molecule has 220 valence electrons. The molecule has 0 unspecified atom stereocenters. The van der Waals surface area contributed by atoms with E-state index in [1.165, 1.54) is 28.5 Å². The van der Waals surface area contributed by atoms with Crippen LogP contribution in [0, 0.1) is 16.0 Å². The Bertz CT molecular complexity index is 1510. The highest BCUT2D eigenvalue weighted by molar-refractivity contribution is 7.80. The monoisotopic (exact) mass is 586 g/mol. The van der Waals surface area contributed by atoms with Crippen LogP contribution in [0.25, 0.3) is 10.8 Å². The zero-order valence-corrected chi connectivity index (χ0v) is 25.1. The molecule has 0 fully saturated rings. The average molecular weight is 587 g/mol. The second kappa shape index (κ2) is 14.5. The van der Waals surface area contributed by atoms with Crippen LogP contribution in [0.1, 0.15) is 44.0 Å². The molecule has 0 aliphatic heterocycles. The van der Waals surface area contributed by atoms with Gasteiger partial charge in [0.15, 0.2) is 5.11 Å². The molecule has 42 heavy (non-hydrogen) atoms. The van der Waals surface area contributed by atoms with Gasteiger partial charge < -0.3 is 20.1 Å². The summed E-state index contributed by atoms with van der Waals surface area (Å²) in [7, 11) is 0. The Kier molecular flexibility index (Phi) is 10.6. The molecular formula is C32H38N6O3S. The molecule has 0 bridgehead atoms. The van der Waals surface area contributed by atoms with Gasteiger partial charge in [0.05, 0.1) is 17.7 Å². The first kappa shape index (κ1) is 30.6. The Morgan fingerprint density at radius 3 is 2.55 bits per heavy atom. The van der Waals surface area contributed by atoms with Gasteiger partial charge in [-0.25, -0.2) is 4.98 Å². The van der Waals surface area contributed by atoms with Crippen molar-refractivity contribution in [3.63, 3.8) is 0 Å². The predicted octanol–water partition coefficient (Wildman–Crippen LogP) is 5.46. The van der Waals surface area contributed by atoms with Crippen molar-refractivity contribution < 1.29 is 9.72 Å². The topological polar surface area (TPSA) is 105 Å². The van der Waals surface area contributed by atoms with E-state index in [2.05, 4.69) is 64.7 Å². The van der Waals surface area contributed by atoms with Crippen molar-refractivity contribution >= 4 is 39.7 Å². The van der Waals surface area contributed by atoms with Crippen molar-refractivity contribution in [1.82, 2.24) is 25.1 Å². The Balaban J connectivity index is 1.48. The fourth-order valence-electron chi connectivity index (χ4n) is 4.99. The lowest BCUT2D eigenvalue weighted by atomic mass is 9.97. The molecule has 2 atom stereocenters. The number of thiocarbonyl (C=S) groups is 1. The van der Waals surface area contributed by atoms with Crippen LogP contribution in [0.3, 0.4) is 0 Å². The van der Waals surface area contributed by atoms with E-state index in [4.69, 9.17) is 12.2 Å². The first-order valence-electron chi connectivity index (χ1n) is 14.3. The van der Waals surface area contributed by atoms with Crippen molar-refractivity contribution in [2.75, 3.05) is 13.1 Å². The quantitative estimate of drug-likeness (QED) is 0.122. The third kappa shape index (κ3) is 7.91. The van der Waals surface area contributed by atoms with E-state index < -0.39 is 4.92 Å². The minimum atomic E-state index is -0.418. The van der Waals surface area contributed by atoms with Gasteiger partial charge in [0.25, 0.3) is 5.69 Å². The molecule has 4 rings (SSSR count). The average Bonchev–Trinajstić information content (AvgIpc) is 3.42. The Morgan fingerprint density at radius 2 is 1.83 bits per heavy atom. The van der Waals surface area contributed by atoms with Gasteiger partial charge in [0.2, 0.25) is 5.91 Å². The van der Waals surface area contributed by atoms with E-state index in [1.807, 2.05) is 23.6 Å². The van der Waals surface area contributed by atoms with Crippen molar-refractivity contribution in [2.45, 2.75) is 52.7 Å². The van der Waals surface area contributed by atoms with Crippen LogP contribution in [0.15, 0.2) is 79.3 Å². The lowest BCUT2D eigenvalue weighted by Gasteiger charge is -2.33. The minimum Gasteiger partial charge on any atom is -0.363 e. The molecule has 3 aromatic carbocycles. The summed E-state index contributed by atoms with van der Waals surface area (Å²) in [5.41, 5.74) is 2.88. The molecule has 0 spiro atoms. The van der Waals surface area contributed by atoms with Crippen LogP contribution in [0.5, 0.6) is 0 Å². The largest absolute Gasteiger partial charge is 0.363 e. The van der Waals surface area contributed by atoms with E-state index in [1.54, 1.807) is 24.7 Å². The van der Waals surface area contributed by atoms with Gasteiger partial charge in [-0.3, -0.25) is 14.9 Å². The highest BCUT2D eigenvalue weighted by atomic mass is 32.1. The maximum Gasteiger partial charge on any atom is 0.269 e. The zero-order chi connectivity index (χ0) is 30.1. The molecule has 0 aliphatic rings. The SMILES string of the molecule is CCNC(=S)N(Cc1cccc2ccccc12)C[C@@H](NC(=O)Cc1cncn1Cc1ccc([N+](=O)[O-])cc1)[C@@H](C)CC. The number of nitrogens with zero attached hydrogens (tertiary/aromatic N) is 4. The molecule has 9 nitrogen and oxygen atoms in total. The summed E-state index contributed by atoms with van der Waals surface area (Å²) >= 11 is 5.80. The summed E-state index contributed by atoms with van der Waals surface area (Å²) in [4.78, 5) is 30.3. The van der Waals surface area contributed by atoms with Gasteiger partial charge in [0.1, 0.15) is 0 Å². The van der Waals surface area contributed by atoms with Crippen molar-refractivity contribution in [2.24, 2.45) is 5.92 Å². The number of carbonyl (C=O) groups is 1. The number of fused-ring (bicyclic) bond motifs is 1. The standard InChI is InChI=1S/C32H38N6O3S/c1-4-23(3)30(21-36(32(42)34-5-2)20-26-11-8-10-25-9-6-7-12-29(25)26)35-31(39)17-28-18-33-22-37(28)19-24-13-15-27(16-14-24)38(40)41/h6-16,18,22-23,30H,4-5,17,19-21H2,1-3H3,(H,34,42)(H,35,39)/t23-,30+/m0/s1. The number of aromatic nitrogens is 2. The predicted molar refractivity (Wildman–Crippen MR) is 170 cm³/mol. The molecule has 0 radical (unpaired) electrons. The number of rotatable bonds is 13. The summed E-state index contributed by atoms with van der Waals surface area (Å²) in [6, 6.07) is 20.9. The number of benzene rings is 3. The molecule has 0 aliphatic carbocycles. The Morgan fingerprint density at radius 1 is 1.10 bits per heavy atom. The first-order chi connectivity index (χ1) is 20.3. The lowest BCUT2D eigenvalue weighted by molar-refractivity contribution is -0.384. The maximum absolute atomic E-state index is 13.4. The second-order valence-corrected chi connectivity index (χ2v) is 10.9. The third-order valence-corrected chi connectivity index (χ3v) is 7.99. The number of nitrogens with one attached hydrogen (secondary N) is 2. The molecule has 10 heteroatoms. The zero-order valence-electron chi connectivity index (χ0n) is 24.3. The molecule has 1 aromatic heterocycles. The fraction of sp³-hybridized carbons (Fsp3) is 0.344. The summed E-state index contributed by atoms with van der Waals surface area (Å²) in [5, 5.41) is 20.6. The number of imidazole rings is 1. The Labute approximate surface area is 252 Å². The number of hydrogen-bond donors (Lipinski definition) is 2. The van der Waals surface area contributed by atoms with Gasteiger partial charge in [-0.15, -0.1) is 0 Å². The number of carbonyl (C=O) groups excluding carboxylic acids is 1. The number of non-ortho nitro benzene ring substituents is 1. The number of hydrogen-bond acceptors (Lipinski definition) is 5. The van der Waals surface area contributed by atoms with E-state index in [0.717, 1.165) is 17.7 Å². The van der Waals surface area contributed by atoms with Crippen molar-refractivity contribution in [3.05, 3.63) is 106 Å². The summed E-state index contributed by atoms with van der Waals surface area (Å²) in [5.74, 6) is 0.128. The van der Waals surface area contributed by atoms with Crippen molar-refractivity contribution in [1.29, 1.82) is 0 Å². The van der Waals surface area contributed by atoms with Crippen LogP contribution in [0.2, 0.25) is 0 Å². The van der Waals surface area contributed by atoms with Crippen LogP contribution in [0.4, 0.5) is 5.69 Å². The highest BCUT2D eigenvalue weighted by Gasteiger charge is 2.24. The van der Waals surface area contributed by atoms with E-state index in [9.17, 15) is 14.9 Å². The van der Waals surface area contributed by atoms with E-state index in [-0.39, 0.29) is 30.0 Å². The summed E-state index contributed by atoms with van der Waals surface area (Å²) in [6.07, 6.45) is 4.44. The molecule has 4 aromatic rings. The minimum absolute atomic E-state index is 0.0446. The van der Waals surface area contributed by atoms with Gasteiger partial charge in [-0.05, 0) is 47.0 Å².